The smallest absolute Gasteiger partial charge is 0.148 e. The van der Waals surface area contributed by atoms with Crippen molar-refractivity contribution in [3.8, 4) is 0 Å². The molecular formula is C10H15N5OS. The molecule has 92 valence electrons. The van der Waals surface area contributed by atoms with E-state index in [-0.39, 0.29) is 0 Å². The standard InChI is InChI=1S/C10H15N5OS/c1-7-3-4-8(16-7)5-15(2)6-9-10(12-11)17-14-13-9/h3-4,12H,5-6,11H2,1-2H3. The Labute approximate surface area is 104 Å². The van der Waals surface area contributed by atoms with Gasteiger partial charge in [0, 0.05) is 18.1 Å². The van der Waals surface area contributed by atoms with Crippen molar-refractivity contribution >= 4 is 16.5 Å². The zero-order chi connectivity index (χ0) is 12.3. The summed E-state index contributed by atoms with van der Waals surface area (Å²) in [5.74, 6) is 7.23. The van der Waals surface area contributed by atoms with Gasteiger partial charge in [0.2, 0.25) is 0 Å². The largest absolute Gasteiger partial charge is 0.465 e. The molecule has 0 fully saturated rings. The third-order valence-corrected chi connectivity index (χ3v) is 3.03. The molecule has 2 aromatic rings. The molecule has 0 bridgehead atoms. The predicted molar refractivity (Wildman–Crippen MR) is 66.3 cm³/mol. The highest BCUT2D eigenvalue weighted by molar-refractivity contribution is 7.10. The van der Waals surface area contributed by atoms with E-state index in [9.17, 15) is 0 Å². The highest BCUT2D eigenvalue weighted by Gasteiger charge is 2.11. The fourth-order valence-electron chi connectivity index (χ4n) is 1.57. The lowest BCUT2D eigenvalue weighted by atomic mass is 10.3. The van der Waals surface area contributed by atoms with E-state index in [2.05, 4.69) is 19.9 Å². The normalized spacial score (nSPS) is 11.1. The molecular weight excluding hydrogens is 238 g/mol. The summed E-state index contributed by atoms with van der Waals surface area (Å²) in [4.78, 5) is 2.09. The van der Waals surface area contributed by atoms with Crippen LogP contribution in [0.4, 0.5) is 5.00 Å². The van der Waals surface area contributed by atoms with Crippen LogP contribution in [0.5, 0.6) is 0 Å². The number of nitrogens with zero attached hydrogens (tertiary/aromatic N) is 3. The molecule has 2 aromatic heterocycles. The molecule has 3 N–H and O–H groups in total. The molecule has 0 aliphatic rings. The summed E-state index contributed by atoms with van der Waals surface area (Å²) in [6.45, 7) is 3.34. The van der Waals surface area contributed by atoms with E-state index in [0.29, 0.717) is 6.54 Å². The van der Waals surface area contributed by atoms with Crippen molar-refractivity contribution in [2.45, 2.75) is 20.0 Å². The van der Waals surface area contributed by atoms with Gasteiger partial charge in [0.1, 0.15) is 22.2 Å². The highest BCUT2D eigenvalue weighted by atomic mass is 32.1. The SMILES string of the molecule is Cc1ccc(CN(C)Cc2nnsc2NN)o1. The quantitative estimate of drug-likeness (QED) is 0.618. The van der Waals surface area contributed by atoms with Crippen molar-refractivity contribution in [1.82, 2.24) is 14.5 Å². The molecule has 2 heterocycles. The summed E-state index contributed by atoms with van der Waals surface area (Å²) >= 11 is 1.25. The lowest BCUT2D eigenvalue weighted by molar-refractivity contribution is 0.282. The third-order valence-electron chi connectivity index (χ3n) is 2.33. The maximum Gasteiger partial charge on any atom is 0.148 e. The molecule has 0 aliphatic heterocycles. The van der Waals surface area contributed by atoms with Crippen LogP contribution in [0, 0.1) is 6.92 Å². The summed E-state index contributed by atoms with van der Waals surface area (Å²) in [6.07, 6.45) is 0. The van der Waals surface area contributed by atoms with E-state index in [1.807, 2.05) is 26.1 Å². The molecule has 6 nitrogen and oxygen atoms in total. The number of nitrogen functional groups attached to an aromatic ring is 1. The zero-order valence-electron chi connectivity index (χ0n) is 9.80. The van der Waals surface area contributed by atoms with Gasteiger partial charge in [-0.3, -0.25) is 4.90 Å². The zero-order valence-corrected chi connectivity index (χ0v) is 10.6. The van der Waals surface area contributed by atoms with Crippen molar-refractivity contribution in [3.63, 3.8) is 0 Å². The van der Waals surface area contributed by atoms with Crippen LogP contribution in [-0.4, -0.2) is 21.5 Å². The van der Waals surface area contributed by atoms with E-state index in [0.717, 1.165) is 28.8 Å². The molecule has 0 amide bonds. The van der Waals surface area contributed by atoms with Gasteiger partial charge in [-0.2, -0.15) is 0 Å². The number of nitrogens with one attached hydrogen (secondary N) is 1. The fourth-order valence-corrected chi connectivity index (χ4v) is 2.05. The van der Waals surface area contributed by atoms with Crippen molar-refractivity contribution in [1.29, 1.82) is 0 Å². The molecule has 2 rings (SSSR count). The van der Waals surface area contributed by atoms with Gasteiger partial charge < -0.3 is 9.84 Å². The number of rotatable bonds is 5. The second-order valence-corrected chi connectivity index (χ2v) is 4.63. The molecule has 7 heteroatoms. The number of aromatic nitrogens is 2. The Bertz CT molecular complexity index is 481. The third kappa shape index (κ3) is 3.02. The monoisotopic (exact) mass is 253 g/mol. The minimum absolute atomic E-state index is 0.676. The van der Waals surface area contributed by atoms with E-state index < -0.39 is 0 Å². The second-order valence-electron chi connectivity index (χ2n) is 3.88. The number of hydrogen-bond acceptors (Lipinski definition) is 7. The Kier molecular flexibility index (Phi) is 3.72. The number of aryl methyl sites for hydroxylation is 1. The molecule has 0 aliphatic carbocycles. The summed E-state index contributed by atoms with van der Waals surface area (Å²) < 4.78 is 9.37. The van der Waals surface area contributed by atoms with Crippen LogP contribution >= 0.6 is 11.5 Å². The topological polar surface area (TPSA) is 80.2 Å². The van der Waals surface area contributed by atoms with E-state index in [1.165, 1.54) is 11.5 Å². The van der Waals surface area contributed by atoms with E-state index >= 15 is 0 Å². The minimum Gasteiger partial charge on any atom is -0.465 e. The first-order valence-corrected chi connectivity index (χ1v) is 5.98. The lowest BCUT2D eigenvalue weighted by Gasteiger charge is -2.13. The average Bonchev–Trinajstić information content (AvgIpc) is 2.87. The molecule has 0 aromatic carbocycles. The minimum atomic E-state index is 0.676. The van der Waals surface area contributed by atoms with Crippen LogP contribution in [0.25, 0.3) is 0 Å². The number of hydrogen-bond donors (Lipinski definition) is 2. The van der Waals surface area contributed by atoms with Gasteiger partial charge in [-0.15, -0.1) is 5.10 Å². The van der Waals surface area contributed by atoms with Crippen LogP contribution < -0.4 is 11.3 Å². The first-order chi connectivity index (χ1) is 8.19. The molecule has 0 atom stereocenters. The molecule has 0 radical (unpaired) electrons. The van der Waals surface area contributed by atoms with Crippen molar-refractivity contribution in [3.05, 3.63) is 29.3 Å². The molecule has 0 saturated carbocycles. The molecule has 0 saturated heterocycles. The Morgan fingerprint density at radius 1 is 1.47 bits per heavy atom. The van der Waals surface area contributed by atoms with Gasteiger partial charge in [-0.1, -0.05) is 4.49 Å². The van der Waals surface area contributed by atoms with Crippen LogP contribution in [-0.2, 0) is 13.1 Å². The first-order valence-electron chi connectivity index (χ1n) is 5.20. The summed E-state index contributed by atoms with van der Waals surface area (Å²) in [5.41, 5.74) is 3.44. The Morgan fingerprint density at radius 2 is 2.29 bits per heavy atom. The van der Waals surface area contributed by atoms with Crippen molar-refractivity contribution in [2.75, 3.05) is 12.5 Å². The predicted octanol–water partition coefficient (Wildman–Crippen LogP) is 1.36. The van der Waals surface area contributed by atoms with Gasteiger partial charge in [0.25, 0.3) is 0 Å². The van der Waals surface area contributed by atoms with Gasteiger partial charge in [0.15, 0.2) is 0 Å². The summed E-state index contributed by atoms with van der Waals surface area (Å²) in [6, 6.07) is 3.94. The molecule has 17 heavy (non-hydrogen) atoms. The Morgan fingerprint density at radius 3 is 2.94 bits per heavy atom. The maximum absolute atomic E-state index is 5.51. The van der Waals surface area contributed by atoms with Crippen LogP contribution in [0.15, 0.2) is 16.5 Å². The average molecular weight is 253 g/mol. The fraction of sp³-hybridized carbons (Fsp3) is 0.400. The molecule has 0 spiro atoms. The highest BCUT2D eigenvalue weighted by Crippen LogP contribution is 2.18. The van der Waals surface area contributed by atoms with Gasteiger partial charge in [0.05, 0.1) is 6.54 Å². The second kappa shape index (κ2) is 5.26. The number of anilines is 1. The first kappa shape index (κ1) is 12.0. The lowest BCUT2D eigenvalue weighted by Crippen LogP contribution is -2.18. The van der Waals surface area contributed by atoms with Crippen molar-refractivity contribution < 1.29 is 4.42 Å². The van der Waals surface area contributed by atoms with Crippen LogP contribution in [0.1, 0.15) is 17.2 Å². The number of hydrazine groups is 1. The van der Waals surface area contributed by atoms with E-state index in [4.69, 9.17) is 10.3 Å². The Balaban J connectivity index is 1.95. The summed E-state index contributed by atoms with van der Waals surface area (Å²) in [5, 5.41) is 4.83. The number of furan rings is 1. The molecule has 0 unspecified atom stereocenters. The van der Waals surface area contributed by atoms with Crippen LogP contribution in [0.3, 0.4) is 0 Å². The van der Waals surface area contributed by atoms with E-state index in [1.54, 1.807) is 0 Å². The van der Waals surface area contributed by atoms with Crippen molar-refractivity contribution in [2.24, 2.45) is 5.84 Å². The maximum atomic E-state index is 5.51. The number of nitrogens with two attached hydrogens (primary N) is 1. The van der Waals surface area contributed by atoms with Gasteiger partial charge >= 0.3 is 0 Å². The Hall–Kier alpha value is -1.44. The summed E-state index contributed by atoms with van der Waals surface area (Å²) in [7, 11) is 2.00. The van der Waals surface area contributed by atoms with Gasteiger partial charge in [-0.25, -0.2) is 5.84 Å². The van der Waals surface area contributed by atoms with Crippen LogP contribution in [0.2, 0.25) is 0 Å². The van der Waals surface area contributed by atoms with Gasteiger partial charge in [-0.05, 0) is 26.1 Å².